The third kappa shape index (κ3) is 4.03. The van der Waals surface area contributed by atoms with Crippen LogP contribution in [0.4, 0.5) is 4.39 Å². The van der Waals surface area contributed by atoms with E-state index in [1.807, 2.05) is 19.1 Å². The minimum atomic E-state index is -0.324. The molecular weight excluding hydrogens is 257 g/mol. The number of Topliss-reactive ketones (excluding diaryl/α,β-unsaturated/α-hetero) is 1. The molecule has 20 heavy (non-hydrogen) atoms. The fourth-order valence-electron chi connectivity index (χ4n) is 2.01. The monoisotopic (exact) mass is 275 g/mol. The zero-order valence-electron chi connectivity index (χ0n) is 11.5. The molecular formula is C16H18FNO2. The molecule has 0 atom stereocenters. The van der Waals surface area contributed by atoms with Gasteiger partial charge in [0.1, 0.15) is 11.6 Å². The van der Waals surface area contributed by atoms with E-state index in [2.05, 4.69) is 4.90 Å². The summed E-state index contributed by atoms with van der Waals surface area (Å²) in [7, 11) is 0. The lowest BCUT2D eigenvalue weighted by Crippen LogP contribution is -2.25. The summed E-state index contributed by atoms with van der Waals surface area (Å²) in [6.45, 7) is 4.25. The van der Waals surface area contributed by atoms with E-state index in [0.29, 0.717) is 25.1 Å². The lowest BCUT2D eigenvalue weighted by molar-refractivity contribution is 0.0961. The van der Waals surface area contributed by atoms with Crippen molar-refractivity contribution in [1.29, 1.82) is 0 Å². The summed E-state index contributed by atoms with van der Waals surface area (Å²) in [5.74, 6) is 0.596. The lowest BCUT2D eigenvalue weighted by atomic mass is 10.1. The Balaban J connectivity index is 1.86. The fraction of sp³-hybridized carbons (Fsp3) is 0.312. The summed E-state index contributed by atoms with van der Waals surface area (Å²) in [6, 6.07) is 9.46. The number of rotatable bonds is 7. The number of ketones is 1. The van der Waals surface area contributed by atoms with Gasteiger partial charge in [0.15, 0.2) is 5.78 Å². The fourth-order valence-corrected chi connectivity index (χ4v) is 2.01. The molecule has 0 saturated heterocycles. The number of hydrogen-bond acceptors (Lipinski definition) is 3. The number of benzene rings is 1. The highest BCUT2D eigenvalue weighted by atomic mass is 19.1. The second-order valence-corrected chi connectivity index (χ2v) is 4.63. The van der Waals surface area contributed by atoms with E-state index in [1.54, 1.807) is 6.26 Å². The van der Waals surface area contributed by atoms with Crippen molar-refractivity contribution in [2.24, 2.45) is 0 Å². The van der Waals surface area contributed by atoms with Gasteiger partial charge in [0.25, 0.3) is 0 Å². The largest absolute Gasteiger partial charge is 0.468 e. The third-order valence-electron chi connectivity index (χ3n) is 3.23. The first-order valence-electron chi connectivity index (χ1n) is 6.72. The molecule has 0 saturated carbocycles. The van der Waals surface area contributed by atoms with Gasteiger partial charge in [-0.1, -0.05) is 6.92 Å². The smallest absolute Gasteiger partial charge is 0.164 e. The predicted octanol–water partition coefficient (Wildman–Crippen LogP) is 3.51. The second-order valence-electron chi connectivity index (χ2n) is 4.63. The second kappa shape index (κ2) is 7.01. The molecule has 4 heteroatoms. The molecule has 106 valence electrons. The quantitative estimate of drug-likeness (QED) is 0.725. The van der Waals surface area contributed by atoms with Crippen molar-refractivity contribution in [1.82, 2.24) is 4.90 Å². The van der Waals surface area contributed by atoms with E-state index >= 15 is 0 Å². The summed E-state index contributed by atoms with van der Waals surface area (Å²) in [6.07, 6.45) is 2.06. The van der Waals surface area contributed by atoms with Crippen LogP contribution in [0.25, 0.3) is 0 Å². The van der Waals surface area contributed by atoms with Crippen molar-refractivity contribution in [3.05, 3.63) is 59.8 Å². The molecule has 0 radical (unpaired) electrons. The third-order valence-corrected chi connectivity index (χ3v) is 3.23. The Hall–Kier alpha value is -1.94. The van der Waals surface area contributed by atoms with Gasteiger partial charge in [-0.3, -0.25) is 9.69 Å². The Labute approximate surface area is 118 Å². The van der Waals surface area contributed by atoms with Gasteiger partial charge in [-0.25, -0.2) is 4.39 Å². The van der Waals surface area contributed by atoms with Crippen molar-refractivity contribution < 1.29 is 13.6 Å². The molecule has 1 aromatic heterocycles. The van der Waals surface area contributed by atoms with Gasteiger partial charge in [0, 0.05) is 18.5 Å². The maximum atomic E-state index is 12.8. The van der Waals surface area contributed by atoms with Gasteiger partial charge < -0.3 is 4.42 Å². The molecule has 0 bridgehead atoms. The van der Waals surface area contributed by atoms with Crippen molar-refractivity contribution in [2.45, 2.75) is 19.9 Å². The van der Waals surface area contributed by atoms with E-state index in [0.717, 1.165) is 12.3 Å². The van der Waals surface area contributed by atoms with Crippen LogP contribution in [0.15, 0.2) is 47.1 Å². The maximum absolute atomic E-state index is 12.8. The van der Waals surface area contributed by atoms with E-state index in [4.69, 9.17) is 4.42 Å². The first-order valence-corrected chi connectivity index (χ1v) is 6.72. The number of furan rings is 1. The summed E-state index contributed by atoms with van der Waals surface area (Å²) in [5, 5.41) is 0. The van der Waals surface area contributed by atoms with Gasteiger partial charge >= 0.3 is 0 Å². The Kier molecular flexibility index (Phi) is 5.07. The van der Waals surface area contributed by atoms with Crippen LogP contribution in [-0.2, 0) is 6.54 Å². The molecule has 1 aromatic carbocycles. The van der Waals surface area contributed by atoms with Crippen LogP contribution < -0.4 is 0 Å². The van der Waals surface area contributed by atoms with Crippen LogP contribution in [0.3, 0.4) is 0 Å². The molecule has 2 rings (SSSR count). The number of hydrogen-bond donors (Lipinski definition) is 0. The zero-order chi connectivity index (χ0) is 14.4. The van der Waals surface area contributed by atoms with Gasteiger partial charge in [0.2, 0.25) is 0 Å². The first kappa shape index (κ1) is 14.5. The molecule has 0 N–H and O–H groups in total. The molecule has 0 amide bonds. The topological polar surface area (TPSA) is 33.5 Å². The van der Waals surface area contributed by atoms with Gasteiger partial charge in [0.05, 0.1) is 12.8 Å². The van der Waals surface area contributed by atoms with Crippen molar-refractivity contribution in [3.8, 4) is 0 Å². The number of nitrogens with zero attached hydrogens (tertiary/aromatic N) is 1. The minimum absolute atomic E-state index is 0.0305. The number of carbonyl (C=O) groups is 1. The molecule has 3 nitrogen and oxygen atoms in total. The van der Waals surface area contributed by atoms with Gasteiger partial charge in [-0.15, -0.1) is 0 Å². The lowest BCUT2D eigenvalue weighted by Gasteiger charge is -2.18. The Morgan fingerprint density at radius 2 is 2.00 bits per heavy atom. The van der Waals surface area contributed by atoms with Crippen LogP contribution in [0.5, 0.6) is 0 Å². The van der Waals surface area contributed by atoms with Crippen molar-refractivity contribution >= 4 is 5.78 Å². The molecule has 0 aliphatic carbocycles. The molecule has 0 unspecified atom stereocenters. The molecule has 0 spiro atoms. The highest BCUT2D eigenvalue weighted by Gasteiger charge is 2.10. The van der Waals surface area contributed by atoms with Crippen LogP contribution in [-0.4, -0.2) is 23.8 Å². The van der Waals surface area contributed by atoms with Gasteiger partial charge in [-0.2, -0.15) is 0 Å². The van der Waals surface area contributed by atoms with Gasteiger partial charge in [-0.05, 0) is 42.9 Å². The molecule has 1 heterocycles. The van der Waals surface area contributed by atoms with Crippen molar-refractivity contribution in [2.75, 3.05) is 13.1 Å². The summed E-state index contributed by atoms with van der Waals surface area (Å²) >= 11 is 0. The average Bonchev–Trinajstić information content (AvgIpc) is 2.96. The highest BCUT2D eigenvalue weighted by Crippen LogP contribution is 2.09. The standard InChI is InChI=1S/C16H18FNO2/c1-2-18(12-15-4-3-11-20-15)10-9-16(19)13-5-7-14(17)8-6-13/h3-8,11H,2,9-10,12H2,1H3. The summed E-state index contributed by atoms with van der Waals surface area (Å²) < 4.78 is 18.1. The van der Waals surface area contributed by atoms with E-state index in [-0.39, 0.29) is 11.6 Å². The summed E-state index contributed by atoms with van der Waals surface area (Å²) in [4.78, 5) is 14.1. The Morgan fingerprint density at radius 1 is 1.25 bits per heavy atom. The molecule has 0 fully saturated rings. The van der Waals surface area contributed by atoms with Crippen LogP contribution in [0.1, 0.15) is 29.5 Å². The first-order chi connectivity index (χ1) is 9.69. The Bertz CT molecular complexity index is 534. The van der Waals surface area contributed by atoms with Crippen molar-refractivity contribution in [3.63, 3.8) is 0 Å². The minimum Gasteiger partial charge on any atom is -0.468 e. The molecule has 2 aromatic rings. The van der Waals surface area contributed by atoms with Crippen LogP contribution >= 0.6 is 0 Å². The van der Waals surface area contributed by atoms with E-state index in [1.165, 1.54) is 24.3 Å². The predicted molar refractivity (Wildman–Crippen MR) is 75.0 cm³/mol. The average molecular weight is 275 g/mol. The number of halogens is 1. The van der Waals surface area contributed by atoms with E-state index < -0.39 is 0 Å². The molecule has 0 aliphatic heterocycles. The summed E-state index contributed by atoms with van der Waals surface area (Å²) in [5.41, 5.74) is 0.556. The normalized spacial score (nSPS) is 10.9. The number of carbonyl (C=O) groups excluding carboxylic acids is 1. The van der Waals surface area contributed by atoms with Crippen LogP contribution in [0.2, 0.25) is 0 Å². The van der Waals surface area contributed by atoms with E-state index in [9.17, 15) is 9.18 Å². The maximum Gasteiger partial charge on any atom is 0.164 e. The highest BCUT2D eigenvalue weighted by molar-refractivity contribution is 5.96. The SMILES string of the molecule is CCN(CCC(=O)c1ccc(F)cc1)Cc1ccco1. The zero-order valence-corrected chi connectivity index (χ0v) is 11.5. The Morgan fingerprint density at radius 3 is 2.60 bits per heavy atom. The molecule has 0 aliphatic rings. The van der Waals surface area contributed by atoms with Crippen LogP contribution in [0, 0.1) is 5.82 Å².